The SMILES string of the molecule is CC(=O)Nc1ccc(C(C)=O)cc1OCC(=O)Nc1ccc(S(=O)(=O)N(C)C)cc1. The maximum atomic E-state index is 12.2. The van der Waals surface area contributed by atoms with Gasteiger partial charge in [-0.05, 0) is 49.4 Å². The van der Waals surface area contributed by atoms with Gasteiger partial charge < -0.3 is 15.4 Å². The van der Waals surface area contributed by atoms with Crippen LogP contribution in [0.15, 0.2) is 47.4 Å². The number of hydrogen-bond donors (Lipinski definition) is 2. The zero-order valence-electron chi connectivity index (χ0n) is 17.1. The highest BCUT2D eigenvalue weighted by molar-refractivity contribution is 7.89. The van der Waals surface area contributed by atoms with Gasteiger partial charge >= 0.3 is 0 Å². The molecule has 0 bridgehead atoms. The van der Waals surface area contributed by atoms with Crippen LogP contribution in [0.4, 0.5) is 11.4 Å². The number of nitrogens with one attached hydrogen (secondary N) is 2. The molecular formula is C20H23N3O6S. The highest BCUT2D eigenvalue weighted by atomic mass is 32.2. The summed E-state index contributed by atoms with van der Waals surface area (Å²) in [5.41, 5.74) is 1.09. The zero-order chi connectivity index (χ0) is 22.5. The predicted molar refractivity (Wildman–Crippen MR) is 112 cm³/mol. The topological polar surface area (TPSA) is 122 Å². The van der Waals surface area contributed by atoms with E-state index in [0.717, 1.165) is 4.31 Å². The molecule has 2 N–H and O–H groups in total. The molecule has 30 heavy (non-hydrogen) atoms. The minimum atomic E-state index is -3.56. The van der Waals surface area contributed by atoms with Gasteiger partial charge in [0.1, 0.15) is 5.75 Å². The number of rotatable bonds is 8. The van der Waals surface area contributed by atoms with Crippen molar-refractivity contribution in [3.8, 4) is 5.75 Å². The minimum Gasteiger partial charge on any atom is -0.482 e. The van der Waals surface area contributed by atoms with Crippen molar-refractivity contribution in [2.45, 2.75) is 18.7 Å². The Morgan fingerprint density at radius 2 is 1.60 bits per heavy atom. The maximum Gasteiger partial charge on any atom is 0.262 e. The van der Waals surface area contributed by atoms with E-state index in [9.17, 15) is 22.8 Å². The third kappa shape index (κ3) is 5.88. The number of carbonyl (C=O) groups excluding carboxylic acids is 3. The molecule has 0 aromatic heterocycles. The Morgan fingerprint density at radius 3 is 2.13 bits per heavy atom. The van der Waals surface area contributed by atoms with E-state index in [1.165, 1.54) is 64.3 Å². The van der Waals surface area contributed by atoms with Crippen LogP contribution in [0.1, 0.15) is 24.2 Å². The van der Waals surface area contributed by atoms with Crippen molar-refractivity contribution in [1.82, 2.24) is 4.31 Å². The fraction of sp³-hybridized carbons (Fsp3) is 0.250. The maximum absolute atomic E-state index is 12.2. The molecule has 0 aliphatic carbocycles. The van der Waals surface area contributed by atoms with E-state index >= 15 is 0 Å². The second kappa shape index (κ2) is 9.51. The third-order valence-electron chi connectivity index (χ3n) is 3.97. The molecule has 0 fully saturated rings. The summed E-state index contributed by atoms with van der Waals surface area (Å²) in [7, 11) is -0.702. The van der Waals surface area contributed by atoms with E-state index in [-0.39, 0.29) is 28.9 Å². The molecule has 9 nitrogen and oxygen atoms in total. The van der Waals surface area contributed by atoms with Gasteiger partial charge in [0, 0.05) is 32.3 Å². The third-order valence-corrected chi connectivity index (χ3v) is 5.80. The Morgan fingerprint density at radius 1 is 0.967 bits per heavy atom. The molecule has 2 amide bonds. The highest BCUT2D eigenvalue weighted by Gasteiger charge is 2.17. The number of anilines is 2. The van der Waals surface area contributed by atoms with Crippen molar-refractivity contribution >= 4 is 39.0 Å². The number of amides is 2. The first-order valence-electron chi connectivity index (χ1n) is 8.88. The van der Waals surface area contributed by atoms with E-state index in [1.54, 1.807) is 6.07 Å². The summed E-state index contributed by atoms with van der Waals surface area (Å²) < 4.78 is 30.7. The molecule has 0 atom stereocenters. The van der Waals surface area contributed by atoms with Gasteiger partial charge in [0.15, 0.2) is 12.4 Å². The van der Waals surface area contributed by atoms with Gasteiger partial charge in [0.25, 0.3) is 5.91 Å². The van der Waals surface area contributed by atoms with Crippen molar-refractivity contribution in [2.75, 3.05) is 31.3 Å². The fourth-order valence-corrected chi connectivity index (χ4v) is 3.32. The van der Waals surface area contributed by atoms with Crippen LogP contribution in [0.3, 0.4) is 0 Å². The number of nitrogens with zero attached hydrogens (tertiary/aromatic N) is 1. The van der Waals surface area contributed by atoms with E-state index in [0.29, 0.717) is 16.9 Å². The van der Waals surface area contributed by atoms with Gasteiger partial charge in [-0.2, -0.15) is 0 Å². The smallest absolute Gasteiger partial charge is 0.262 e. The summed E-state index contributed by atoms with van der Waals surface area (Å²) in [6, 6.07) is 10.2. The van der Waals surface area contributed by atoms with Crippen molar-refractivity contribution in [1.29, 1.82) is 0 Å². The molecule has 0 saturated heterocycles. The van der Waals surface area contributed by atoms with Gasteiger partial charge in [-0.3, -0.25) is 14.4 Å². The summed E-state index contributed by atoms with van der Waals surface area (Å²) in [4.78, 5) is 35.2. The summed E-state index contributed by atoms with van der Waals surface area (Å²) in [5.74, 6) is -0.834. The average molecular weight is 433 g/mol. The van der Waals surface area contributed by atoms with Crippen LogP contribution in [0.2, 0.25) is 0 Å². The molecule has 2 aromatic carbocycles. The van der Waals surface area contributed by atoms with Crippen LogP contribution >= 0.6 is 0 Å². The number of benzene rings is 2. The molecule has 0 heterocycles. The number of carbonyl (C=O) groups is 3. The van der Waals surface area contributed by atoms with Gasteiger partial charge in [0.2, 0.25) is 15.9 Å². The average Bonchev–Trinajstić information content (AvgIpc) is 2.67. The van der Waals surface area contributed by atoms with E-state index < -0.39 is 15.9 Å². The van der Waals surface area contributed by atoms with E-state index in [4.69, 9.17) is 4.74 Å². The first-order chi connectivity index (χ1) is 14.0. The Bertz CT molecular complexity index is 1060. The number of Topliss-reactive ketones (excluding diaryl/α,β-unsaturated/α-hetero) is 1. The Balaban J connectivity index is 2.08. The van der Waals surface area contributed by atoms with E-state index in [1.807, 2.05) is 0 Å². The van der Waals surface area contributed by atoms with Crippen LogP contribution in [-0.4, -0.2) is 51.0 Å². The largest absolute Gasteiger partial charge is 0.482 e. The van der Waals surface area contributed by atoms with E-state index in [2.05, 4.69) is 10.6 Å². The van der Waals surface area contributed by atoms with Crippen LogP contribution in [0, 0.1) is 0 Å². The van der Waals surface area contributed by atoms with Crippen molar-refractivity contribution in [3.63, 3.8) is 0 Å². The summed E-state index contributed by atoms with van der Waals surface area (Å²) in [5, 5.41) is 5.17. The van der Waals surface area contributed by atoms with Crippen molar-refractivity contribution < 1.29 is 27.5 Å². The first-order valence-corrected chi connectivity index (χ1v) is 10.3. The molecule has 2 rings (SSSR count). The van der Waals surface area contributed by atoms with Crippen LogP contribution in [0.25, 0.3) is 0 Å². The number of hydrogen-bond acceptors (Lipinski definition) is 6. The Labute approximate surface area is 175 Å². The van der Waals surface area contributed by atoms with Gasteiger partial charge in [-0.15, -0.1) is 0 Å². The Hall–Kier alpha value is -3.24. The lowest BCUT2D eigenvalue weighted by atomic mass is 10.1. The molecule has 160 valence electrons. The molecule has 0 aliphatic heterocycles. The van der Waals surface area contributed by atoms with Gasteiger partial charge in [0.05, 0.1) is 10.6 Å². The van der Waals surface area contributed by atoms with Crippen LogP contribution in [0.5, 0.6) is 5.75 Å². The normalized spacial score (nSPS) is 11.1. The lowest BCUT2D eigenvalue weighted by Crippen LogP contribution is -2.22. The number of ketones is 1. The second-order valence-corrected chi connectivity index (χ2v) is 8.75. The van der Waals surface area contributed by atoms with Crippen molar-refractivity contribution in [3.05, 3.63) is 48.0 Å². The number of ether oxygens (including phenoxy) is 1. The number of sulfonamides is 1. The summed E-state index contributed by atoms with van der Waals surface area (Å²) in [6.45, 7) is 2.34. The standard InChI is InChI=1S/C20H23N3O6S/c1-13(24)15-5-10-18(21-14(2)25)19(11-15)29-12-20(26)22-16-6-8-17(9-7-16)30(27,28)23(3)4/h5-11H,12H2,1-4H3,(H,21,25)(H,22,26). The molecule has 0 aliphatic rings. The quantitative estimate of drug-likeness (QED) is 0.615. The summed E-state index contributed by atoms with van der Waals surface area (Å²) in [6.07, 6.45) is 0. The van der Waals surface area contributed by atoms with Gasteiger partial charge in [-0.1, -0.05) is 0 Å². The highest BCUT2D eigenvalue weighted by Crippen LogP contribution is 2.26. The molecule has 0 saturated carbocycles. The fourth-order valence-electron chi connectivity index (χ4n) is 2.42. The molecule has 0 unspecified atom stereocenters. The lowest BCUT2D eigenvalue weighted by Gasteiger charge is -2.14. The molecule has 2 aromatic rings. The molecule has 0 radical (unpaired) electrons. The van der Waals surface area contributed by atoms with Gasteiger partial charge in [-0.25, -0.2) is 12.7 Å². The molecule has 10 heteroatoms. The lowest BCUT2D eigenvalue weighted by molar-refractivity contribution is -0.118. The van der Waals surface area contributed by atoms with Crippen molar-refractivity contribution in [2.24, 2.45) is 0 Å². The Kier molecular flexibility index (Phi) is 7.30. The zero-order valence-corrected chi connectivity index (χ0v) is 17.9. The first kappa shape index (κ1) is 23.0. The summed E-state index contributed by atoms with van der Waals surface area (Å²) >= 11 is 0. The molecular weight excluding hydrogens is 410 g/mol. The predicted octanol–water partition coefficient (Wildman–Crippen LogP) is 2.12. The molecule has 0 spiro atoms. The monoisotopic (exact) mass is 433 g/mol. The van der Waals surface area contributed by atoms with Crippen LogP contribution in [-0.2, 0) is 19.6 Å². The minimum absolute atomic E-state index is 0.0998. The van der Waals surface area contributed by atoms with Crippen LogP contribution < -0.4 is 15.4 Å². The second-order valence-electron chi connectivity index (χ2n) is 6.60.